The molecule has 3 aromatic carbocycles. The maximum Gasteiger partial charge on any atom is 0.256 e. The summed E-state index contributed by atoms with van der Waals surface area (Å²) >= 11 is 1.52. The van der Waals surface area contributed by atoms with Gasteiger partial charge in [0, 0.05) is 15.5 Å². The summed E-state index contributed by atoms with van der Waals surface area (Å²) in [5.74, 6) is 0.447. The summed E-state index contributed by atoms with van der Waals surface area (Å²) in [6.07, 6.45) is 0. The predicted octanol–water partition coefficient (Wildman–Crippen LogP) is 4.68. The molecule has 0 unspecified atom stereocenters. The van der Waals surface area contributed by atoms with E-state index in [-0.39, 0.29) is 5.91 Å². The van der Waals surface area contributed by atoms with E-state index in [0.717, 1.165) is 9.79 Å². The Morgan fingerprint density at radius 2 is 1.64 bits per heavy atom. The molecule has 3 N–H and O–H groups in total. The lowest BCUT2D eigenvalue weighted by Crippen LogP contribution is -2.13. The highest BCUT2D eigenvalue weighted by atomic mass is 32.2. The van der Waals surface area contributed by atoms with Crippen LogP contribution in [0.1, 0.15) is 10.4 Å². The SMILES string of the molecule is COc1ccccc1NC(=O)c1ccccc1Sc1ccc(N)cc1. The molecule has 0 radical (unpaired) electrons. The number of nitrogen functional groups attached to an aromatic ring is 1. The fourth-order valence-corrected chi connectivity index (χ4v) is 3.29. The van der Waals surface area contributed by atoms with Crippen molar-refractivity contribution >= 4 is 29.0 Å². The number of amides is 1. The Balaban J connectivity index is 1.84. The van der Waals surface area contributed by atoms with Crippen molar-refractivity contribution in [2.24, 2.45) is 0 Å². The Morgan fingerprint density at radius 3 is 2.40 bits per heavy atom. The van der Waals surface area contributed by atoms with Gasteiger partial charge in [-0.2, -0.15) is 0 Å². The van der Waals surface area contributed by atoms with Gasteiger partial charge >= 0.3 is 0 Å². The number of carbonyl (C=O) groups is 1. The fraction of sp³-hybridized carbons (Fsp3) is 0.0500. The number of carbonyl (C=O) groups excluding carboxylic acids is 1. The number of hydrogen-bond acceptors (Lipinski definition) is 4. The van der Waals surface area contributed by atoms with E-state index in [0.29, 0.717) is 22.7 Å². The van der Waals surface area contributed by atoms with Crippen molar-refractivity contribution in [3.63, 3.8) is 0 Å². The average Bonchev–Trinajstić information content (AvgIpc) is 2.64. The van der Waals surface area contributed by atoms with Gasteiger partial charge in [-0.15, -0.1) is 0 Å². The van der Waals surface area contributed by atoms with Crippen molar-refractivity contribution in [3.05, 3.63) is 78.4 Å². The number of ether oxygens (including phenoxy) is 1. The first kappa shape index (κ1) is 16.9. The third-order valence-corrected chi connectivity index (χ3v) is 4.68. The maximum atomic E-state index is 12.7. The minimum atomic E-state index is -0.178. The average molecular weight is 350 g/mol. The van der Waals surface area contributed by atoms with Gasteiger partial charge in [0.1, 0.15) is 5.75 Å². The number of nitrogens with two attached hydrogens (primary N) is 1. The molecule has 0 heterocycles. The lowest BCUT2D eigenvalue weighted by Gasteiger charge is -2.12. The van der Waals surface area contributed by atoms with Crippen molar-refractivity contribution in [1.29, 1.82) is 0 Å². The molecule has 0 atom stereocenters. The normalized spacial score (nSPS) is 10.3. The molecule has 0 fully saturated rings. The second-order valence-corrected chi connectivity index (χ2v) is 6.44. The van der Waals surface area contributed by atoms with Gasteiger partial charge in [-0.05, 0) is 48.5 Å². The van der Waals surface area contributed by atoms with E-state index in [1.54, 1.807) is 7.11 Å². The van der Waals surface area contributed by atoms with Crippen LogP contribution < -0.4 is 15.8 Å². The number of anilines is 2. The summed E-state index contributed by atoms with van der Waals surface area (Å²) in [5.41, 5.74) is 7.69. The molecule has 25 heavy (non-hydrogen) atoms. The third kappa shape index (κ3) is 4.14. The zero-order valence-corrected chi connectivity index (χ0v) is 14.5. The highest BCUT2D eigenvalue weighted by molar-refractivity contribution is 7.99. The smallest absolute Gasteiger partial charge is 0.256 e. The van der Waals surface area contributed by atoms with Gasteiger partial charge in [-0.1, -0.05) is 36.0 Å². The van der Waals surface area contributed by atoms with E-state index in [4.69, 9.17) is 10.5 Å². The second-order valence-electron chi connectivity index (χ2n) is 5.32. The first-order valence-corrected chi connectivity index (χ1v) is 8.56. The first-order valence-electron chi connectivity index (χ1n) is 7.74. The van der Waals surface area contributed by atoms with Crippen LogP contribution >= 0.6 is 11.8 Å². The molecule has 1 amide bonds. The van der Waals surface area contributed by atoms with Crippen molar-refractivity contribution in [1.82, 2.24) is 0 Å². The molecule has 4 nitrogen and oxygen atoms in total. The van der Waals surface area contributed by atoms with Crippen molar-refractivity contribution in [3.8, 4) is 5.75 Å². The van der Waals surface area contributed by atoms with Crippen molar-refractivity contribution in [2.75, 3.05) is 18.2 Å². The number of hydrogen-bond donors (Lipinski definition) is 2. The standard InChI is InChI=1S/C20H18N2O2S/c1-24-18-8-4-3-7-17(18)22-20(23)16-6-2-5-9-19(16)25-15-12-10-14(21)11-13-15/h2-13H,21H2,1H3,(H,22,23). The van der Waals surface area contributed by atoms with Crippen LogP contribution in [0, 0.1) is 0 Å². The second kappa shape index (κ2) is 7.77. The summed E-state index contributed by atoms with van der Waals surface area (Å²) in [6, 6.07) is 22.4. The maximum absolute atomic E-state index is 12.7. The largest absolute Gasteiger partial charge is 0.495 e. The fourth-order valence-electron chi connectivity index (χ4n) is 2.34. The number of para-hydroxylation sites is 2. The number of benzene rings is 3. The summed E-state index contributed by atoms with van der Waals surface area (Å²) in [4.78, 5) is 14.6. The van der Waals surface area contributed by atoms with Crippen molar-refractivity contribution in [2.45, 2.75) is 9.79 Å². The highest BCUT2D eigenvalue weighted by Crippen LogP contribution is 2.32. The van der Waals surface area contributed by atoms with E-state index in [9.17, 15) is 4.79 Å². The Labute approximate surface area is 151 Å². The summed E-state index contributed by atoms with van der Waals surface area (Å²) < 4.78 is 5.29. The quantitative estimate of drug-likeness (QED) is 0.656. The van der Waals surface area contributed by atoms with Crippen LogP contribution in [-0.2, 0) is 0 Å². The Morgan fingerprint density at radius 1 is 0.960 bits per heavy atom. The number of nitrogens with one attached hydrogen (secondary N) is 1. The zero-order valence-electron chi connectivity index (χ0n) is 13.7. The molecule has 0 saturated carbocycles. The number of methoxy groups -OCH3 is 1. The molecule has 3 aromatic rings. The van der Waals surface area contributed by atoms with Gasteiger partial charge in [0.15, 0.2) is 0 Å². The Kier molecular flexibility index (Phi) is 5.26. The molecule has 0 saturated heterocycles. The van der Waals surface area contributed by atoms with Gasteiger partial charge in [0.2, 0.25) is 0 Å². The number of rotatable bonds is 5. The molecule has 5 heteroatoms. The summed E-state index contributed by atoms with van der Waals surface area (Å²) in [7, 11) is 1.58. The van der Waals surface area contributed by atoms with Gasteiger partial charge in [0.25, 0.3) is 5.91 Å². The van der Waals surface area contributed by atoms with Gasteiger partial charge in [-0.3, -0.25) is 4.79 Å². The topological polar surface area (TPSA) is 64.3 Å². The van der Waals surface area contributed by atoms with E-state index < -0.39 is 0 Å². The Bertz CT molecular complexity index is 879. The van der Waals surface area contributed by atoms with Crippen molar-refractivity contribution < 1.29 is 9.53 Å². The van der Waals surface area contributed by atoms with Gasteiger partial charge < -0.3 is 15.8 Å². The highest BCUT2D eigenvalue weighted by Gasteiger charge is 2.14. The molecular weight excluding hydrogens is 332 g/mol. The van der Waals surface area contributed by atoms with E-state index in [1.165, 1.54) is 11.8 Å². The van der Waals surface area contributed by atoms with Gasteiger partial charge in [0.05, 0.1) is 18.4 Å². The molecule has 0 aliphatic heterocycles. The van der Waals surface area contributed by atoms with Crippen LogP contribution in [0.4, 0.5) is 11.4 Å². The van der Waals surface area contributed by atoms with Crippen LogP contribution in [0.15, 0.2) is 82.6 Å². The molecule has 126 valence electrons. The van der Waals surface area contributed by atoms with Crippen LogP contribution in [-0.4, -0.2) is 13.0 Å². The van der Waals surface area contributed by atoms with Crippen LogP contribution in [0.2, 0.25) is 0 Å². The van der Waals surface area contributed by atoms with E-state index in [1.807, 2.05) is 72.8 Å². The minimum absolute atomic E-state index is 0.178. The first-order chi connectivity index (χ1) is 12.2. The zero-order chi connectivity index (χ0) is 17.6. The molecule has 0 aromatic heterocycles. The summed E-state index contributed by atoms with van der Waals surface area (Å²) in [5, 5.41) is 2.92. The molecule has 0 aliphatic carbocycles. The molecule has 0 spiro atoms. The molecular formula is C20H18N2O2S. The molecule has 0 aliphatic rings. The Hall–Kier alpha value is -2.92. The van der Waals surface area contributed by atoms with Crippen LogP contribution in [0.3, 0.4) is 0 Å². The molecule has 3 rings (SSSR count). The third-order valence-electron chi connectivity index (χ3n) is 3.59. The lowest BCUT2D eigenvalue weighted by atomic mass is 10.2. The van der Waals surface area contributed by atoms with Crippen LogP contribution in [0.5, 0.6) is 5.75 Å². The van der Waals surface area contributed by atoms with Crippen LogP contribution in [0.25, 0.3) is 0 Å². The monoisotopic (exact) mass is 350 g/mol. The minimum Gasteiger partial charge on any atom is -0.495 e. The van der Waals surface area contributed by atoms with E-state index in [2.05, 4.69) is 5.32 Å². The molecule has 0 bridgehead atoms. The predicted molar refractivity (Wildman–Crippen MR) is 102 cm³/mol. The van der Waals surface area contributed by atoms with E-state index >= 15 is 0 Å². The van der Waals surface area contributed by atoms with Gasteiger partial charge in [-0.25, -0.2) is 0 Å². The lowest BCUT2D eigenvalue weighted by molar-refractivity contribution is 0.102. The summed E-state index contributed by atoms with van der Waals surface area (Å²) in [6.45, 7) is 0.